The molecule has 158 valence electrons. The smallest absolute Gasteiger partial charge is 0.311 e. The first-order valence-electron chi connectivity index (χ1n) is 9.41. The number of non-ortho nitro benzene ring substituents is 1. The van der Waals surface area contributed by atoms with Gasteiger partial charge < -0.3 is 5.11 Å². The van der Waals surface area contributed by atoms with Gasteiger partial charge in [0.2, 0.25) is 5.82 Å². The predicted octanol–water partition coefficient (Wildman–Crippen LogP) is 3.31. The van der Waals surface area contributed by atoms with Gasteiger partial charge in [0.25, 0.3) is 5.69 Å². The molecule has 0 aliphatic heterocycles. The fraction of sp³-hybridized carbons (Fsp3) is 0. The van der Waals surface area contributed by atoms with E-state index in [1.54, 1.807) is 4.68 Å². The summed E-state index contributed by atoms with van der Waals surface area (Å²) in [5.41, 5.74) is 3.63. The van der Waals surface area contributed by atoms with E-state index in [-0.39, 0.29) is 22.8 Å². The molecule has 0 aliphatic rings. The maximum absolute atomic E-state index is 12.6. The van der Waals surface area contributed by atoms with Gasteiger partial charge in [-0.3, -0.25) is 14.9 Å². The quantitative estimate of drug-likeness (QED) is 0.275. The fourth-order valence-corrected chi connectivity index (χ4v) is 2.90. The van der Waals surface area contributed by atoms with Crippen LogP contribution >= 0.6 is 0 Å². The molecular weight excluding hydrogens is 412 g/mol. The zero-order valence-electron chi connectivity index (χ0n) is 16.5. The third-order valence-corrected chi connectivity index (χ3v) is 4.43. The van der Waals surface area contributed by atoms with Gasteiger partial charge in [-0.05, 0) is 18.2 Å². The molecule has 0 saturated carbocycles. The van der Waals surface area contributed by atoms with Crippen LogP contribution in [0, 0.1) is 10.1 Å². The van der Waals surface area contributed by atoms with Crippen LogP contribution in [0.5, 0.6) is 5.75 Å². The van der Waals surface area contributed by atoms with Crippen LogP contribution in [0.15, 0.2) is 84.0 Å². The molecule has 3 aromatic carbocycles. The van der Waals surface area contributed by atoms with Gasteiger partial charge in [0.1, 0.15) is 5.75 Å². The monoisotopic (exact) mass is 428 g/mol. The van der Waals surface area contributed by atoms with Crippen LogP contribution in [0.1, 0.15) is 16.2 Å². The van der Waals surface area contributed by atoms with Crippen molar-refractivity contribution in [1.29, 1.82) is 0 Å². The van der Waals surface area contributed by atoms with Crippen molar-refractivity contribution in [3.8, 4) is 22.8 Å². The Bertz CT molecular complexity index is 1250. The molecule has 0 bridgehead atoms. The van der Waals surface area contributed by atoms with Crippen molar-refractivity contribution >= 4 is 17.8 Å². The van der Waals surface area contributed by atoms with Gasteiger partial charge in [-0.25, -0.2) is 15.1 Å². The Morgan fingerprint density at radius 2 is 1.75 bits per heavy atom. The number of nitrogens with one attached hydrogen (secondary N) is 1. The van der Waals surface area contributed by atoms with E-state index in [9.17, 15) is 20.0 Å². The number of para-hydroxylation sites is 1. The first kappa shape index (κ1) is 20.4. The number of hydrazone groups is 1. The molecule has 2 N–H and O–H groups in total. The van der Waals surface area contributed by atoms with Crippen molar-refractivity contribution < 1.29 is 14.8 Å². The van der Waals surface area contributed by atoms with Crippen LogP contribution in [-0.4, -0.2) is 36.9 Å². The number of carbonyl (C=O) groups excluding carboxylic acids is 1. The molecular formula is C22H16N6O4. The number of benzene rings is 3. The maximum atomic E-state index is 12.6. The summed E-state index contributed by atoms with van der Waals surface area (Å²) in [4.78, 5) is 27.2. The Kier molecular flexibility index (Phi) is 5.66. The van der Waals surface area contributed by atoms with Gasteiger partial charge in [-0.1, -0.05) is 48.5 Å². The number of nitro groups is 1. The van der Waals surface area contributed by atoms with Crippen LogP contribution in [0.2, 0.25) is 0 Å². The van der Waals surface area contributed by atoms with Gasteiger partial charge in [-0.2, -0.15) is 5.10 Å². The second-order valence-electron chi connectivity index (χ2n) is 6.57. The molecule has 0 spiro atoms. The number of phenols is 1. The van der Waals surface area contributed by atoms with Crippen molar-refractivity contribution in [2.45, 2.75) is 0 Å². The number of hydrogen-bond donors (Lipinski definition) is 2. The Labute approximate surface area is 181 Å². The molecule has 0 aliphatic carbocycles. The minimum atomic E-state index is -0.682. The van der Waals surface area contributed by atoms with E-state index in [1.165, 1.54) is 6.07 Å². The number of nitro benzene ring substituents is 1. The number of hydrogen-bond acceptors (Lipinski definition) is 7. The Morgan fingerprint density at radius 1 is 1.06 bits per heavy atom. The summed E-state index contributed by atoms with van der Waals surface area (Å²) < 4.78 is 1.56. The third-order valence-electron chi connectivity index (χ3n) is 4.43. The highest BCUT2D eigenvalue weighted by Crippen LogP contribution is 2.22. The van der Waals surface area contributed by atoms with E-state index < -0.39 is 10.8 Å². The molecule has 32 heavy (non-hydrogen) atoms. The summed E-state index contributed by atoms with van der Waals surface area (Å²) in [5, 5.41) is 28.8. The number of nitrogens with zero attached hydrogens (tertiary/aromatic N) is 5. The number of phenolic OH excluding ortho intramolecular Hbond substituents is 1. The van der Waals surface area contributed by atoms with E-state index in [0.717, 1.165) is 29.6 Å². The van der Waals surface area contributed by atoms with Gasteiger partial charge in [0.05, 0.1) is 16.8 Å². The standard InChI is InChI=1S/C22H16N6O4/c29-19-12-11-18(28(31)32)13-16(19)14-23-25-22(30)20-24-21(15-7-3-1-4-8-15)27(26-20)17-9-5-2-6-10-17/h1-14,29H,(H,25,30). The molecule has 0 unspecified atom stereocenters. The maximum Gasteiger partial charge on any atom is 0.311 e. The summed E-state index contributed by atoms with van der Waals surface area (Å²) in [7, 11) is 0. The zero-order chi connectivity index (χ0) is 22.5. The number of rotatable bonds is 6. The predicted molar refractivity (Wildman–Crippen MR) is 117 cm³/mol. The Balaban J connectivity index is 1.61. The molecule has 10 heteroatoms. The Hall–Kier alpha value is -4.86. The summed E-state index contributed by atoms with van der Waals surface area (Å²) >= 11 is 0. The van der Waals surface area contributed by atoms with Crippen LogP contribution in [0.3, 0.4) is 0 Å². The summed E-state index contributed by atoms with van der Waals surface area (Å²) in [6.45, 7) is 0. The lowest BCUT2D eigenvalue weighted by Gasteiger charge is -2.05. The van der Waals surface area contributed by atoms with Gasteiger partial charge in [0.15, 0.2) is 5.82 Å². The highest BCUT2D eigenvalue weighted by atomic mass is 16.6. The van der Waals surface area contributed by atoms with Crippen molar-refractivity contribution in [3.05, 3.63) is 100 Å². The second kappa shape index (κ2) is 8.88. The third kappa shape index (κ3) is 4.33. The van der Waals surface area contributed by atoms with Gasteiger partial charge in [-0.15, -0.1) is 5.10 Å². The van der Waals surface area contributed by atoms with Crippen LogP contribution in [0.4, 0.5) is 5.69 Å². The molecule has 0 radical (unpaired) electrons. The molecule has 0 saturated heterocycles. The fourth-order valence-electron chi connectivity index (χ4n) is 2.90. The lowest BCUT2D eigenvalue weighted by molar-refractivity contribution is -0.384. The van der Waals surface area contributed by atoms with E-state index in [0.29, 0.717) is 5.82 Å². The van der Waals surface area contributed by atoms with Gasteiger partial charge >= 0.3 is 5.91 Å². The van der Waals surface area contributed by atoms with Crippen molar-refractivity contribution in [3.63, 3.8) is 0 Å². The number of aromatic nitrogens is 3. The summed E-state index contributed by atoms with van der Waals surface area (Å²) in [6, 6.07) is 22.0. The van der Waals surface area contributed by atoms with E-state index in [1.807, 2.05) is 60.7 Å². The number of amides is 1. The lowest BCUT2D eigenvalue weighted by Crippen LogP contribution is -2.19. The van der Waals surface area contributed by atoms with E-state index in [2.05, 4.69) is 20.6 Å². The molecule has 4 rings (SSSR count). The van der Waals surface area contributed by atoms with Crippen molar-refractivity contribution in [2.75, 3.05) is 0 Å². The van der Waals surface area contributed by atoms with Gasteiger partial charge in [0, 0.05) is 23.3 Å². The summed E-state index contributed by atoms with van der Waals surface area (Å²) in [5.74, 6) is -0.542. The van der Waals surface area contributed by atoms with Crippen LogP contribution < -0.4 is 5.43 Å². The topological polar surface area (TPSA) is 136 Å². The highest BCUT2D eigenvalue weighted by molar-refractivity contribution is 5.92. The average molecular weight is 428 g/mol. The molecule has 0 atom stereocenters. The SMILES string of the molecule is O=C(NN=Cc1cc([N+](=O)[O-])ccc1O)c1nc(-c2ccccc2)n(-c2ccccc2)n1. The highest BCUT2D eigenvalue weighted by Gasteiger charge is 2.18. The molecule has 4 aromatic rings. The van der Waals surface area contributed by atoms with Crippen molar-refractivity contribution in [1.82, 2.24) is 20.2 Å². The van der Waals surface area contributed by atoms with Crippen LogP contribution in [0.25, 0.3) is 17.1 Å². The number of aromatic hydroxyl groups is 1. The second-order valence-corrected chi connectivity index (χ2v) is 6.57. The molecule has 1 heterocycles. The number of carbonyl (C=O) groups is 1. The minimum absolute atomic E-state index is 0.0762. The average Bonchev–Trinajstić information content (AvgIpc) is 3.27. The normalized spacial score (nSPS) is 10.9. The molecule has 1 amide bonds. The molecule has 0 fully saturated rings. The first-order chi connectivity index (χ1) is 15.5. The van der Waals surface area contributed by atoms with Crippen molar-refractivity contribution in [2.24, 2.45) is 5.10 Å². The van der Waals surface area contributed by atoms with E-state index in [4.69, 9.17) is 0 Å². The summed E-state index contributed by atoms with van der Waals surface area (Å²) in [6.07, 6.45) is 1.10. The Morgan fingerprint density at radius 3 is 2.44 bits per heavy atom. The zero-order valence-corrected chi connectivity index (χ0v) is 16.5. The molecule has 10 nitrogen and oxygen atoms in total. The van der Waals surface area contributed by atoms with E-state index >= 15 is 0 Å². The first-order valence-corrected chi connectivity index (χ1v) is 9.41. The lowest BCUT2D eigenvalue weighted by atomic mass is 10.2. The molecule has 1 aromatic heterocycles. The van der Waals surface area contributed by atoms with Crippen LogP contribution in [-0.2, 0) is 0 Å². The minimum Gasteiger partial charge on any atom is -0.507 e. The largest absolute Gasteiger partial charge is 0.507 e.